The van der Waals surface area contributed by atoms with Crippen LogP contribution in [0.15, 0.2) is 18.2 Å². The van der Waals surface area contributed by atoms with Gasteiger partial charge in [0.15, 0.2) is 0 Å². The molecule has 2 fully saturated rings. The van der Waals surface area contributed by atoms with Gasteiger partial charge in [-0.15, -0.1) is 0 Å². The first kappa shape index (κ1) is 16.1. The number of likely N-dealkylation sites (tertiary alicyclic amines) is 1. The molecule has 1 aliphatic heterocycles. The SMILES string of the molecule is NC1CCCC2CN(CC(=O)Nc3cccc(Cl)c3Cl)CC12. The number of rotatable bonds is 3. The Morgan fingerprint density at radius 3 is 2.91 bits per heavy atom. The normalized spacial score (nSPS) is 28.4. The van der Waals surface area contributed by atoms with Crippen molar-refractivity contribution in [2.24, 2.45) is 17.6 Å². The lowest BCUT2D eigenvalue weighted by Gasteiger charge is -2.29. The predicted octanol–water partition coefficient (Wildman–Crippen LogP) is 2.99. The number of nitrogens with one attached hydrogen (secondary N) is 1. The van der Waals surface area contributed by atoms with Gasteiger partial charge in [0, 0.05) is 19.1 Å². The average molecular weight is 342 g/mol. The Labute approximate surface area is 140 Å². The van der Waals surface area contributed by atoms with E-state index >= 15 is 0 Å². The van der Waals surface area contributed by atoms with Crippen LogP contribution in [0.25, 0.3) is 0 Å². The second-order valence-electron chi connectivity index (χ2n) is 6.36. The molecule has 0 radical (unpaired) electrons. The topological polar surface area (TPSA) is 58.4 Å². The molecular weight excluding hydrogens is 321 g/mol. The summed E-state index contributed by atoms with van der Waals surface area (Å²) in [5.74, 6) is 1.12. The molecule has 22 heavy (non-hydrogen) atoms. The molecule has 1 aromatic rings. The number of hydrogen-bond acceptors (Lipinski definition) is 3. The van der Waals surface area contributed by atoms with Crippen LogP contribution in [0.5, 0.6) is 0 Å². The average Bonchev–Trinajstić information content (AvgIpc) is 2.88. The van der Waals surface area contributed by atoms with E-state index in [-0.39, 0.29) is 11.9 Å². The molecule has 4 nitrogen and oxygen atoms in total. The molecule has 120 valence electrons. The molecule has 0 bridgehead atoms. The van der Waals surface area contributed by atoms with Crippen molar-refractivity contribution in [1.82, 2.24) is 4.90 Å². The molecule has 1 saturated carbocycles. The van der Waals surface area contributed by atoms with Crippen molar-refractivity contribution in [3.63, 3.8) is 0 Å². The summed E-state index contributed by atoms with van der Waals surface area (Å²) in [5, 5.41) is 3.67. The minimum absolute atomic E-state index is 0.0589. The van der Waals surface area contributed by atoms with Crippen molar-refractivity contribution in [3.05, 3.63) is 28.2 Å². The predicted molar refractivity (Wildman–Crippen MR) is 90.3 cm³/mol. The van der Waals surface area contributed by atoms with Crippen LogP contribution >= 0.6 is 23.2 Å². The molecular formula is C16H21Cl2N3O. The standard InChI is InChI=1S/C16H21Cl2N3O/c17-12-4-2-6-14(16(12)18)20-15(22)9-21-7-10-3-1-5-13(19)11(10)8-21/h2,4,6,10-11,13H,1,3,5,7-9,19H2,(H,20,22). The van der Waals surface area contributed by atoms with E-state index in [2.05, 4.69) is 10.2 Å². The second kappa shape index (κ2) is 6.75. The quantitative estimate of drug-likeness (QED) is 0.888. The number of carbonyl (C=O) groups is 1. The van der Waals surface area contributed by atoms with Gasteiger partial charge in [-0.05, 0) is 36.8 Å². The minimum Gasteiger partial charge on any atom is -0.327 e. The summed E-state index contributed by atoms with van der Waals surface area (Å²) in [6.07, 6.45) is 3.55. The molecule has 1 aliphatic carbocycles. The summed E-state index contributed by atoms with van der Waals surface area (Å²) in [6.45, 7) is 2.26. The van der Waals surface area contributed by atoms with Crippen molar-refractivity contribution in [2.45, 2.75) is 25.3 Å². The van der Waals surface area contributed by atoms with Gasteiger partial charge >= 0.3 is 0 Å². The third kappa shape index (κ3) is 3.40. The van der Waals surface area contributed by atoms with Gasteiger partial charge < -0.3 is 11.1 Å². The van der Waals surface area contributed by atoms with E-state index in [9.17, 15) is 4.79 Å². The maximum atomic E-state index is 12.2. The molecule has 3 rings (SSSR count). The first-order chi connectivity index (χ1) is 10.5. The first-order valence-corrected chi connectivity index (χ1v) is 8.52. The van der Waals surface area contributed by atoms with Crippen LogP contribution in [0, 0.1) is 11.8 Å². The van der Waals surface area contributed by atoms with Crippen molar-refractivity contribution in [3.8, 4) is 0 Å². The lowest BCUT2D eigenvalue weighted by Crippen LogP contribution is -2.38. The fourth-order valence-electron chi connectivity index (χ4n) is 3.73. The molecule has 1 aromatic carbocycles. The van der Waals surface area contributed by atoms with Crippen molar-refractivity contribution >= 4 is 34.8 Å². The summed E-state index contributed by atoms with van der Waals surface area (Å²) < 4.78 is 0. The van der Waals surface area contributed by atoms with Crippen LogP contribution in [-0.4, -0.2) is 36.5 Å². The summed E-state index contributed by atoms with van der Waals surface area (Å²) in [6, 6.07) is 5.51. The van der Waals surface area contributed by atoms with Crippen LogP contribution in [0.1, 0.15) is 19.3 Å². The lowest BCUT2D eigenvalue weighted by molar-refractivity contribution is -0.117. The van der Waals surface area contributed by atoms with Crippen molar-refractivity contribution in [2.75, 3.05) is 25.0 Å². The highest BCUT2D eigenvalue weighted by atomic mass is 35.5. The zero-order chi connectivity index (χ0) is 15.7. The number of benzene rings is 1. The summed E-state index contributed by atoms with van der Waals surface area (Å²) in [7, 11) is 0. The first-order valence-electron chi connectivity index (χ1n) is 7.76. The number of halogens is 2. The molecule has 3 unspecified atom stereocenters. The van der Waals surface area contributed by atoms with Crippen LogP contribution in [-0.2, 0) is 4.79 Å². The minimum atomic E-state index is -0.0589. The smallest absolute Gasteiger partial charge is 0.238 e. The Bertz CT molecular complexity index is 566. The highest BCUT2D eigenvalue weighted by Gasteiger charge is 2.38. The molecule has 1 heterocycles. The van der Waals surface area contributed by atoms with Gasteiger partial charge in [-0.3, -0.25) is 9.69 Å². The van der Waals surface area contributed by atoms with Crippen molar-refractivity contribution in [1.29, 1.82) is 0 Å². The fraction of sp³-hybridized carbons (Fsp3) is 0.562. The molecule has 2 aliphatic rings. The van der Waals surface area contributed by atoms with Crippen molar-refractivity contribution < 1.29 is 4.79 Å². The largest absolute Gasteiger partial charge is 0.327 e. The monoisotopic (exact) mass is 341 g/mol. The van der Waals surface area contributed by atoms with Gasteiger partial charge in [-0.25, -0.2) is 0 Å². The van der Waals surface area contributed by atoms with Gasteiger partial charge in [0.1, 0.15) is 0 Å². The van der Waals surface area contributed by atoms with E-state index in [1.807, 2.05) is 0 Å². The Morgan fingerprint density at radius 2 is 2.14 bits per heavy atom. The number of anilines is 1. The van der Waals surface area contributed by atoms with E-state index in [0.29, 0.717) is 34.1 Å². The highest BCUT2D eigenvalue weighted by Crippen LogP contribution is 2.35. The molecule has 1 amide bonds. The second-order valence-corrected chi connectivity index (χ2v) is 7.15. The molecule has 0 spiro atoms. The molecule has 1 saturated heterocycles. The van der Waals surface area contributed by atoms with Crippen LogP contribution in [0.4, 0.5) is 5.69 Å². The Morgan fingerprint density at radius 1 is 1.32 bits per heavy atom. The van der Waals surface area contributed by atoms with E-state index in [4.69, 9.17) is 28.9 Å². The lowest BCUT2D eigenvalue weighted by atomic mass is 9.78. The number of nitrogens with two attached hydrogens (primary N) is 1. The Hall–Kier alpha value is -0.810. The maximum Gasteiger partial charge on any atom is 0.238 e. The zero-order valence-electron chi connectivity index (χ0n) is 12.4. The van der Waals surface area contributed by atoms with Gasteiger partial charge in [0.05, 0.1) is 22.3 Å². The number of fused-ring (bicyclic) bond motifs is 1. The van der Waals surface area contributed by atoms with Gasteiger partial charge in [-0.1, -0.05) is 35.7 Å². The van der Waals surface area contributed by atoms with Gasteiger partial charge in [0.2, 0.25) is 5.91 Å². The number of nitrogens with zero attached hydrogens (tertiary/aromatic N) is 1. The highest BCUT2D eigenvalue weighted by molar-refractivity contribution is 6.43. The molecule has 6 heteroatoms. The van der Waals surface area contributed by atoms with E-state index in [1.165, 1.54) is 12.8 Å². The van der Waals surface area contributed by atoms with Crippen LogP contribution < -0.4 is 11.1 Å². The van der Waals surface area contributed by atoms with Gasteiger partial charge in [-0.2, -0.15) is 0 Å². The van der Waals surface area contributed by atoms with E-state index in [1.54, 1.807) is 18.2 Å². The maximum absolute atomic E-state index is 12.2. The van der Waals surface area contributed by atoms with Crippen LogP contribution in [0.3, 0.4) is 0 Å². The summed E-state index contributed by atoms with van der Waals surface area (Å²) >= 11 is 12.1. The Kier molecular flexibility index (Phi) is 4.93. The third-order valence-electron chi connectivity index (χ3n) is 4.82. The van der Waals surface area contributed by atoms with E-state index < -0.39 is 0 Å². The number of amides is 1. The third-order valence-corrected chi connectivity index (χ3v) is 5.64. The number of carbonyl (C=O) groups excluding carboxylic acids is 1. The Balaban J connectivity index is 1.57. The fourth-order valence-corrected chi connectivity index (χ4v) is 4.08. The summed E-state index contributed by atoms with van der Waals surface area (Å²) in [5.41, 5.74) is 6.78. The molecule has 3 atom stereocenters. The summed E-state index contributed by atoms with van der Waals surface area (Å²) in [4.78, 5) is 14.4. The van der Waals surface area contributed by atoms with E-state index in [0.717, 1.165) is 19.5 Å². The number of hydrogen-bond donors (Lipinski definition) is 2. The molecule has 3 N–H and O–H groups in total. The molecule has 0 aromatic heterocycles. The van der Waals surface area contributed by atoms with Crippen LogP contribution in [0.2, 0.25) is 10.0 Å². The van der Waals surface area contributed by atoms with Gasteiger partial charge in [0.25, 0.3) is 0 Å². The zero-order valence-corrected chi connectivity index (χ0v) is 13.9.